The predicted octanol–water partition coefficient (Wildman–Crippen LogP) is 3.55. The molecule has 2 unspecified atom stereocenters. The molecule has 0 aromatic heterocycles. The normalized spacial score (nSPS) is 13.0. The molecule has 0 saturated heterocycles. The van der Waals surface area contributed by atoms with Crippen LogP contribution in [-0.2, 0) is 28.4 Å². The molecule has 3 nitrogen and oxygen atoms in total. The lowest BCUT2D eigenvalue weighted by atomic mass is 10.1. The Balaban J connectivity index is 2.13. The summed E-state index contributed by atoms with van der Waals surface area (Å²) in [6, 6.07) is 0. The van der Waals surface area contributed by atoms with Crippen LogP contribution in [-0.4, -0.2) is 14.2 Å². The van der Waals surface area contributed by atoms with Crippen LogP contribution in [0.5, 0.6) is 0 Å². The zero-order valence-electron chi connectivity index (χ0n) is 14.3. The lowest BCUT2D eigenvalue weighted by Crippen LogP contribution is -2.23. The average molecular weight is 497 g/mol. The van der Waals surface area contributed by atoms with Gasteiger partial charge in [0.1, 0.15) is 16.5 Å². The molecule has 2 atom stereocenters. The van der Waals surface area contributed by atoms with E-state index in [1.54, 1.807) is 4.13 Å². The second-order valence-corrected chi connectivity index (χ2v) is 7.88. The van der Waals surface area contributed by atoms with Crippen LogP contribution < -0.4 is 4.13 Å². The van der Waals surface area contributed by atoms with E-state index in [4.69, 9.17) is 0 Å². The van der Waals surface area contributed by atoms with Gasteiger partial charge in [0, 0.05) is 16.6 Å². The molecule has 0 spiro atoms. The molecular weight excluding hydrogens is 492 g/mol. The third kappa shape index (κ3) is 5.08. The van der Waals surface area contributed by atoms with Gasteiger partial charge in [-0.15, -0.1) is 4.13 Å². The largest absolute Gasteiger partial charge is 0.242 e. The molecule has 2 aromatic rings. The van der Waals surface area contributed by atoms with Crippen molar-refractivity contribution < 1.29 is 52.3 Å². The lowest BCUT2D eigenvalue weighted by molar-refractivity contribution is 0.371. The van der Waals surface area contributed by atoms with Gasteiger partial charge in [0.15, 0.2) is 57.5 Å². The van der Waals surface area contributed by atoms with Crippen LogP contribution in [0.2, 0.25) is 0 Å². The summed E-state index contributed by atoms with van der Waals surface area (Å²) in [6.07, 6.45) is -0.979. The zero-order valence-corrected chi connectivity index (χ0v) is 16.0. The van der Waals surface area contributed by atoms with Crippen molar-refractivity contribution in [1.29, 1.82) is 0 Å². The van der Waals surface area contributed by atoms with Gasteiger partial charge in [-0.3, -0.25) is 0 Å². The van der Waals surface area contributed by atoms with Gasteiger partial charge in [-0.25, -0.2) is 52.3 Å². The number of nitrogens with one attached hydrogen (secondary N) is 1. The Morgan fingerprint density at radius 2 is 1.00 bits per heavy atom. The monoisotopic (exact) mass is 497 g/mol. The highest BCUT2D eigenvalue weighted by molar-refractivity contribution is 8.00. The van der Waals surface area contributed by atoms with Crippen LogP contribution >= 0.6 is 0 Å². The Bertz CT molecular complexity index is 1120. The summed E-state index contributed by atoms with van der Waals surface area (Å²) in [7, 11) is -5.23. The smallest absolute Gasteiger partial charge is 0.200 e. The molecule has 15 heteroatoms. The van der Waals surface area contributed by atoms with Crippen LogP contribution in [0.1, 0.15) is 11.1 Å². The summed E-state index contributed by atoms with van der Waals surface area (Å²) in [5.41, 5.74) is -2.93. The van der Waals surface area contributed by atoms with Crippen molar-refractivity contribution in [3.8, 4) is 11.2 Å². The molecule has 0 radical (unpaired) electrons. The fourth-order valence-corrected chi connectivity index (χ4v) is 3.78. The van der Waals surface area contributed by atoms with E-state index in [0.717, 1.165) is 0 Å². The van der Waals surface area contributed by atoms with Crippen molar-refractivity contribution in [2.24, 2.45) is 0 Å². The molecule has 0 saturated carbocycles. The fourth-order valence-electron chi connectivity index (χ4n) is 2.02. The van der Waals surface area contributed by atoms with E-state index in [-0.39, 0.29) is 0 Å². The Morgan fingerprint density at radius 3 is 1.45 bits per heavy atom. The van der Waals surface area contributed by atoms with E-state index in [2.05, 4.69) is 0 Å². The third-order valence-electron chi connectivity index (χ3n) is 3.49. The Hall–Kier alpha value is -2.44. The van der Waals surface area contributed by atoms with Gasteiger partial charge in [-0.2, -0.15) is 0 Å². The van der Waals surface area contributed by atoms with Crippen LogP contribution in [0, 0.1) is 69.3 Å². The van der Waals surface area contributed by atoms with Gasteiger partial charge in [0.05, 0.1) is 0 Å². The first-order chi connectivity index (χ1) is 14.4. The molecule has 2 rings (SSSR count). The number of benzene rings is 2. The second kappa shape index (κ2) is 9.79. The van der Waals surface area contributed by atoms with E-state index in [1.807, 2.05) is 0 Å². The first-order valence-corrected chi connectivity index (χ1v) is 9.95. The summed E-state index contributed by atoms with van der Waals surface area (Å²) in [6.45, 7) is 0. The predicted molar refractivity (Wildman–Crippen MR) is 87.3 cm³/mol. The van der Waals surface area contributed by atoms with Crippen molar-refractivity contribution in [3.63, 3.8) is 0 Å². The minimum Gasteiger partial charge on any atom is -0.242 e. The zero-order chi connectivity index (χ0) is 23.6. The van der Waals surface area contributed by atoms with Gasteiger partial charge >= 0.3 is 0 Å². The average Bonchev–Trinajstić information content (AvgIpc) is 2.73. The van der Waals surface area contributed by atoms with Crippen LogP contribution in [0.3, 0.4) is 0 Å². The molecule has 0 aliphatic carbocycles. The summed E-state index contributed by atoms with van der Waals surface area (Å²) >= 11 is 0. The third-order valence-corrected chi connectivity index (χ3v) is 5.70. The molecule has 0 heterocycles. The summed E-state index contributed by atoms with van der Waals surface area (Å²) in [5, 5.41) is 1.50. The van der Waals surface area contributed by atoms with E-state index < -0.39 is 103 Å². The standard InChI is InChI=1S/C16H5F10NO2S2/c17-7-5(8(18)12(22)15(25)11(7)21)1-3-30(28)27-31(29)4-2-6-9(19)13(23)16(26)14(24)10(6)20/h27H,1,3H2. The van der Waals surface area contributed by atoms with Crippen molar-refractivity contribution in [2.45, 2.75) is 6.42 Å². The van der Waals surface area contributed by atoms with E-state index in [9.17, 15) is 52.3 Å². The fraction of sp³-hybridized carbons (Fsp3) is 0.125. The molecule has 1 N–H and O–H groups in total. The maximum absolute atomic E-state index is 13.5. The summed E-state index contributed by atoms with van der Waals surface area (Å²) < 4.78 is 157. The Morgan fingerprint density at radius 1 is 0.613 bits per heavy atom. The lowest BCUT2D eigenvalue weighted by Gasteiger charge is -2.07. The highest BCUT2D eigenvalue weighted by atomic mass is 32.3. The van der Waals surface area contributed by atoms with Crippen molar-refractivity contribution in [3.05, 3.63) is 69.3 Å². The highest BCUT2D eigenvalue weighted by Gasteiger charge is 2.26. The van der Waals surface area contributed by atoms with Gasteiger partial charge in [-0.05, 0) is 12.3 Å². The van der Waals surface area contributed by atoms with Crippen molar-refractivity contribution in [1.82, 2.24) is 4.13 Å². The molecule has 168 valence electrons. The SMILES string of the molecule is O=S(C#Cc1c(F)c(F)c(F)c(F)c1F)NS(=O)CCc1c(F)c(F)c(F)c(F)c1F. The summed E-state index contributed by atoms with van der Waals surface area (Å²) in [4.78, 5) is 0. The second-order valence-electron chi connectivity index (χ2n) is 5.37. The molecule has 0 bridgehead atoms. The van der Waals surface area contributed by atoms with Crippen LogP contribution in [0.4, 0.5) is 43.9 Å². The number of hydrogen-bond acceptors (Lipinski definition) is 2. The van der Waals surface area contributed by atoms with E-state index in [1.165, 1.54) is 11.2 Å². The maximum Gasteiger partial charge on any atom is 0.200 e. The molecule has 31 heavy (non-hydrogen) atoms. The number of rotatable bonds is 5. The van der Waals surface area contributed by atoms with E-state index in [0.29, 0.717) is 0 Å². The first kappa shape index (κ1) is 24.8. The van der Waals surface area contributed by atoms with Crippen LogP contribution in [0.25, 0.3) is 0 Å². The minimum absolute atomic E-state index is 0.853. The molecule has 0 aliphatic heterocycles. The highest BCUT2D eigenvalue weighted by Crippen LogP contribution is 2.24. The molecule has 0 fully saturated rings. The molecule has 0 amide bonds. The molecule has 2 aromatic carbocycles. The van der Waals surface area contributed by atoms with E-state index >= 15 is 0 Å². The number of hydrogen-bond donors (Lipinski definition) is 1. The van der Waals surface area contributed by atoms with Gasteiger partial charge in [0.2, 0.25) is 11.6 Å². The quantitative estimate of drug-likeness (QED) is 0.298. The molecule has 0 aliphatic rings. The molecular formula is C16H5F10NO2S2. The Kier molecular flexibility index (Phi) is 7.84. The first-order valence-electron chi connectivity index (χ1n) is 7.48. The van der Waals surface area contributed by atoms with Gasteiger partial charge < -0.3 is 0 Å². The maximum atomic E-state index is 13.5. The van der Waals surface area contributed by atoms with Crippen molar-refractivity contribution in [2.75, 3.05) is 5.75 Å². The van der Waals surface area contributed by atoms with Gasteiger partial charge in [-0.1, -0.05) is 0 Å². The minimum atomic E-state index is -2.75. The summed E-state index contributed by atoms with van der Waals surface area (Å²) in [5.74, 6) is -22.3. The van der Waals surface area contributed by atoms with Gasteiger partial charge in [0.25, 0.3) is 0 Å². The van der Waals surface area contributed by atoms with Crippen molar-refractivity contribution >= 4 is 22.0 Å². The topological polar surface area (TPSA) is 46.2 Å². The van der Waals surface area contributed by atoms with Crippen LogP contribution in [0.15, 0.2) is 0 Å². The number of halogens is 10. The Labute approximate surface area is 171 Å².